The van der Waals surface area contributed by atoms with E-state index in [1.807, 2.05) is 37.4 Å². The number of rotatable bonds is 5. The highest BCUT2D eigenvalue weighted by Gasteiger charge is 2.26. The molecule has 1 saturated heterocycles. The third-order valence-electron chi connectivity index (χ3n) is 5.92. The lowest BCUT2D eigenvalue weighted by Crippen LogP contribution is -2.33. The van der Waals surface area contributed by atoms with Gasteiger partial charge in [0.2, 0.25) is 0 Å². The van der Waals surface area contributed by atoms with Crippen molar-refractivity contribution in [3.63, 3.8) is 0 Å². The summed E-state index contributed by atoms with van der Waals surface area (Å²) in [5.74, 6) is 0.679. The largest absolute Gasteiger partial charge is 0.488 e. The third kappa shape index (κ3) is 4.69. The number of benzene rings is 1. The number of aromatic nitrogens is 1. The van der Waals surface area contributed by atoms with Gasteiger partial charge in [-0.2, -0.15) is 0 Å². The first kappa shape index (κ1) is 21.2. The minimum absolute atomic E-state index is 0.0337. The Balaban J connectivity index is 1.66. The summed E-state index contributed by atoms with van der Waals surface area (Å²) < 4.78 is 11.1. The van der Waals surface area contributed by atoms with Gasteiger partial charge in [-0.05, 0) is 51.0 Å². The van der Waals surface area contributed by atoms with Crippen molar-refractivity contribution < 1.29 is 19.1 Å². The van der Waals surface area contributed by atoms with E-state index in [1.165, 1.54) is 5.57 Å². The lowest BCUT2D eigenvalue weighted by molar-refractivity contribution is -0.143. The molecule has 0 atom stereocenters. The van der Waals surface area contributed by atoms with E-state index in [9.17, 15) is 9.59 Å². The van der Waals surface area contributed by atoms with Crippen molar-refractivity contribution >= 4 is 17.3 Å². The second-order valence-corrected chi connectivity index (χ2v) is 7.94. The van der Waals surface area contributed by atoms with E-state index in [2.05, 4.69) is 11.0 Å². The van der Waals surface area contributed by atoms with Crippen molar-refractivity contribution in [3.05, 3.63) is 64.5 Å². The zero-order chi connectivity index (χ0) is 21.8. The Labute approximate surface area is 182 Å². The number of carbonyl (C=O) groups is 2. The SMILES string of the molecule is CCOC(=O)CCN1CCC(=C2c3cc(C(C)=O)ccc3OCc3cccnc32)CC1. The van der Waals surface area contributed by atoms with Gasteiger partial charge in [0.25, 0.3) is 0 Å². The zero-order valence-electron chi connectivity index (χ0n) is 18.1. The van der Waals surface area contributed by atoms with Gasteiger partial charge in [0.05, 0.1) is 18.7 Å². The first-order valence-electron chi connectivity index (χ1n) is 10.9. The molecule has 162 valence electrons. The van der Waals surface area contributed by atoms with Gasteiger partial charge in [0, 0.05) is 48.1 Å². The predicted molar refractivity (Wildman–Crippen MR) is 118 cm³/mol. The number of esters is 1. The summed E-state index contributed by atoms with van der Waals surface area (Å²) >= 11 is 0. The van der Waals surface area contributed by atoms with Crippen LogP contribution in [-0.2, 0) is 16.1 Å². The lowest BCUT2D eigenvalue weighted by atomic mass is 9.88. The average Bonchev–Trinajstić information content (AvgIpc) is 2.94. The van der Waals surface area contributed by atoms with E-state index >= 15 is 0 Å². The molecule has 31 heavy (non-hydrogen) atoms. The fourth-order valence-corrected chi connectivity index (χ4v) is 4.27. The maximum Gasteiger partial charge on any atom is 0.307 e. The Morgan fingerprint density at radius 3 is 2.74 bits per heavy atom. The number of hydrogen-bond acceptors (Lipinski definition) is 6. The molecule has 6 nitrogen and oxygen atoms in total. The first-order chi connectivity index (χ1) is 15.1. The minimum Gasteiger partial charge on any atom is -0.488 e. The van der Waals surface area contributed by atoms with Gasteiger partial charge in [-0.1, -0.05) is 11.6 Å². The lowest BCUT2D eigenvalue weighted by Gasteiger charge is -2.29. The number of pyridine rings is 1. The van der Waals surface area contributed by atoms with Crippen LogP contribution in [0.2, 0.25) is 0 Å². The van der Waals surface area contributed by atoms with E-state index in [0.717, 1.165) is 54.1 Å². The van der Waals surface area contributed by atoms with Crippen molar-refractivity contribution in [3.8, 4) is 5.75 Å². The van der Waals surface area contributed by atoms with Crippen molar-refractivity contribution in [2.75, 3.05) is 26.2 Å². The standard InChI is InChI=1S/C25H28N2O4/c1-3-30-23(29)10-14-27-12-8-18(9-13-27)24-21-15-19(17(2)28)6-7-22(21)31-16-20-5-4-11-26-25(20)24/h4-7,11,15H,3,8-10,12-14,16H2,1-2H3. The van der Waals surface area contributed by atoms with Crippen LogP contribution >= 0.6 is 0 Å². The smallest absolute Gasteiger partial charge is 0.307 e. The summed E-state index contributed by atoms with van der Waals surface area (Å²) in [6.07, 6.45) is 4.01. The number of ether oxygens (including phenoxy) is 2. The van der Waals surface area contributed by atoms with E-state index < -0.39 is 0 Å². The molecule has 0 saturated carbocycles. The van der Waals surface area contributed by atoms with E-state index in [0.29, 0.717) is 31.7 Å². The maximum atomic E-state index is 12.0. The van der Waals surface area contributed by atoms with Crippen molar-refractivity contribution in [1.82, 2.24) is 9.88 Å². The zero-order valence-corrected chi connectivity index (χ0v) is 18.1. The summed E-state index contributed by atoms with van der Waals surface area (Å²) in [5, 5.41) is 0. The quantitative estimate of drug-likeness (QED) is 0.537. The highest BCUT2D eigenvalue weighted by atomic mass is 16.5. The Kier molecular flexibility index (Phi) is 6.47. The summed E-state index contributed by atoms with van der Waals surface area (Å²) in [6.45, 7) is 6.76. The Bertz CT molecular complexity index is 1020. The van der Waals surface area contributed by atoms with Crippen LogP contribution in [0.25, 0.3) is 5.57 Å². The molecule has 1 aromatic carbocycles. The van der Waals surface area contributed by atoms with Gasteiger partial charge < -0.3 is 14.4 Å². The van der Waals surface area contributed by atoms with E-state index in [1.54, 1.807) is 6.92 Å². The number of nitrogens with zero attached hydrogens (tertiary/aromatic N) is 2. The minimum atomic E-state index is -0.142. The monoisotopic (exact) mass is 420 g/mol. The first-order valence-corrected chi connectivity index (χ1v) is 10.9. The molecule has 0 radical (unpaired) electrons. The highest BCUT2D eigenvalue weighted by molar-refractivity contribution is 5.96. The van der Waals surface area contributed by atoms with Gasteiger partial charge in [0.15, 0.2) is 5.78 Å². The molecular weight excluding hydrogens is 392 g/mol. The van der Waals surface area contributed by atoms with Crippen LogP contribution in [-0.4, -0.2) is 47.9 Å². The molecule has 0 N–H and O–H groups in total. The second-order valence-electron chi connectivity index (χ2n) is 7.94. The van der Waals surface area contributed by atoms with Crippen molar-refractivity contribution in [1.29, 1.82) is 0 Å². The molecule has 2 aliphatic rings. The van der Waals surface area contributed by atoms with E-state index in [4.69, 9.17) is 14.5 Å². The molecule has 2 aromatic rings. The molecule has 4 rings (SSSR count). The Morgan fingerprint density at radius 1 is 1.19 bits per heavy atom. The van der Waals surface area contributed by atoms with Crippen LogP contribution in [0.5, 0.6) is 5.75 Å². The average molecular weight is 421 g/mol. The summed E-state index contributed by atoms with van der Waals surface area (Å²) in [6, 6.07) is 9.64. The number of Topliss-reactive ketones (excluding diaryl/α,β-unsaturated/α-hetero) is 1. The summed E-state index contributed by atoms with van der Waals surface area (Å²) in [4.78, 5) is 30.8. The van der Waals surface area contributed by atoms with Crippen LogP contribution in [0.15, 0.2) is 42.1 Å². The Morgan fingerprint density at radius 2 is 2.00 bits per heavy atom. The predicted octanol–water partition coefficient (Wildman–Crippen LogP) is 4.03. The molecule has 0 unspecified atom stereocenters. The van der Waals surface area contributed by atoms with Gasteiger partial charge in [-0.15, -0.1) is 0 Å². The van der Waals surface area contributed by atoms with Crippen LogP contribution in [0, 0.1) is 0 Å². The van der Waals surface area contributed by atoms with Crippen molar-refractivity contribution in [2.45, 2.75) is 39.7 Å². The molecule has 1 fully saturated rings. The number of ketones is 1. The molecule has 3 heterocycles. The third-order valence-corrected chi connectivity index (χ3v) is 5.92. The molecule has 1 aromatic heterocycles. The van der Waals surface area contributed by atoms with Gasteiger partial charge in [0.1, 0.15) is 12.4 Å². The van der Waals surface area contributed by atoms with Crippen molar-refractivity contribution in [2.24, 2.45) is 0 Å². The van der Waals surface area contributed by atoms with Crippen LogP contribution in [0.3, 0.4) is 0 Å². The van der Waals surface area contributed by atoms with E-state index in [-0.39, 0.29) is 11.8 Å². The Hall–Kier alpha value is -2.99. The molecule has 0 bridgehead atoms. The number of piperidine rings is 1. The highest BCUT2D eigenvalue weighted by Crippen LogP contribution is 2.40. The number of carbonyl (C=O) groups excluding carboxylic acids is 2. The number of likely N-dealkylation sites (tertiary alicyclic amines) is 1. The normalized spacial score (nSPS) is 16.1. The molecule has 0 spiro atoms. The fraction of sp³-hybridized carbons (Fsp3) is 0.400. The topological polar surface area (TPSA) is 68.7 Å². The molecule has 2 aliphatic heterocycles. The second kappa shape index (κ2) is 9.43. The fourth-order valence-electron chi connectivity index (χ4n) is 4.27. The molecular formula is C25H28N2O4. The van der Waals surface area contributed by atoms with Crippen LogP contribution in [0.4, 0.5) is 0 Å². The number of fused-ring (bicyclic) bond motifs is 2. The molecule has 0 amide bonds. The van der Waals surface area contributed by atoms with Crippen LogP contribution in [0.1, 0.15) is 60.3 Å². The molecule has 0 aliphatic carbocycles. The summed E-state index contributed by atoms with van der Waals surface area (Å²) in [5.41, 5.74) is 6.02. The van der Waals surface area contributed by atoms with Crippen LogP contribution < -0.4 is 4.74 Å². The summed E-state index contributed by atoms with van der Waals surface area (Å²) in [7, 11) is 0. The van der Waals surface area contributed by atoms with Gasteiger partial charge in [-0.25, -0.2) is 0 Å². The van der Waals surface area contributed by atoms with Gasteiger partial charge in [-0.3, -0.25) is 14.6 Å². The maximum absolute atomic E-state index is 12.0. The van der Waals surface area contributed by atoms with Gasteiger partial charge >= 0.3 is 5.97 Å². The number of hydrogen-bond donors (Lipinski definition) is 0. The molecule has 6 heteroatoms.